The largest absolute Gasteiger partial charge is 0.493 e. The fourth-order valence-electron chi connectivity index (χ4n) is 3.38. The number of benzene rings is 1. The van der Waals surface area contributed by atoms with Gasteiger partial charge in [0.15, 0.2) is 11.5 Å². The molecule has 1 saturated carbocycles. The molecule has 8 heteroatoms. The van der Waals surface area contributed by atoms with Gasteiger partial charge in [0.25, 0.3) is 0 Å². The Kier molecular flexibility index (Phi) is 6.84. The first-order valence-corrected chi connectivity index (χ1v) is 9.41. The summed E-state index contributed by atoms with van der Waals surface area (Å²) in [5.74, 6) is 0.518. The Balaban J connectivity index is 1.58. The second-order valence-electron chi connectivity index (χ2n) is 6.95. The zero-order valence-corrected chi connectivity index (χ0v) is 15.6. The number of nitrogens with zero attached hydrogens (tertiary/aromatic N) is 2. The summed E-state index contributed by atoms with van der Waals surface area (Å²) in [5.41, 5.74) is 0.954. The van der Waals surface area contributed by atoms with Gasteiger partial charge >= 0.3 is 6.61 Å². The molecule has 3 rings (SSSR count). The third-order valence-corrected chi connectivity index (χ3v) is 4.98. The van der Waals surface area contributed by atoms with E-state index in [1.165, 1.54) is 13.2 Å². The maximum absolute atomic E-state index is 12.5. The molecule has 1 saturated heterocycles. The lowest BCUT2D eigenvalue weighted by Crippen LogP contribution is -2.47. The molecular weight excluding hydrogens is 356 g/mol. The number of ether oxygens (including phenoxy) is 2. The Morgan fingerprint density at radius 2 is 2.04 bits per heavy atom. The number of amides is 1. The normalized spacial score (nSPS) is 17.4. The third-order valence-electron chi connectivity index (χ3n) is 4.98. The highest BCUT2D eigenvalue weighted by Gasteiger charge is 2.30. The van der Waals surface area contributed by atoms with Crippen LogP contribution in [0.15, 0.2) is 18.2 Å². The minimum Gasteiger partial charge on any atom is -0.493 e. The molecule has 6 nitrogen and oxygen atoms in total. The molecule has 2 aliphatic rings. The van der Waals surface area contributed by atoms with Crippen molar-refractivity contribution in [1.82, 2.24) is 15.1 Å². The van der Waals surface area contributed by atoms with Gasteiger partial charge in [-0.05, 0) is 30.5 Å². The second-order valence-corrected chi connectivity index (χ2v) is 6.95. The topological polar surface area (TPSA) is 54.0 Å². The number of hydrogen-bond donors (Lipinski definition) is 1. The maximum atomic E-state index is 12.5. The molecule has 2 fully saturated rings. The van der Waals surface area contributed by atoms with E-state index in [4.69, 9.17) is 4.74 Å². The summed E-state index contributed by atoms with van der Waals surface area (Å²) in [6.07, 6.45) is 2.76. The van der Waals surface area contributed by atoms with Gasteiger partial charge in [0.2, 0.25) is 5.91 Å². The average Bonchev–Trinajstić information content (AvgIpc) is 3.51. The van der Waals surface area contributed by atoms with Gasteiger partial charge < -0.3 is 19.7 Å². The van der Waals surface area contributed by atoms with E-state index in [0.29, 0.717) is 31.3 Å². The lowest BCUT2D eigenvalue weighted by molar-refractivity contribution is -0.132. The average molecular weight is 383 g/mol. The smallest absolute Gasteiger partial charge is 0.387 e. The minimum absolute atomic E-state index is 0.0307. The molecule has 27 heavy (non-hydrogen) atoms. The Bertz CT molecular complexity index is 635. The lowest BCUT2D eigenvalue weighted by atomic mass is 10.1. The number of rotatable bonds is 9. The molecule has 0 spiro atoms. The molecule has 0 radical (unpaired) electrons. The van der Waals surface area contributed by atoms with Crippen LogP contribution < -0.4 is 14.8 Å². The quantitative estimate of drug-likeness (QED) is 0.708. The molecule has 1 aliphatic heterocycles. The van der Waals surface area contributed by atoms with Crippen LogP contribution in [-0.2, 0) is 11.3 Å². The maximum Gasteiger partial charge on any atom is 0.387 e. The fourth-order valence-corrected chi connectivity index (χ4v) is 3.38. The molecule has 1 amide bonds. The van der Waals surface area contributed by atoms with Gasteiger partial charge in [-0.3, -0.25) is 9.69 Å². The van der Waals surface area contributed by atoms with Crippen LogP contribution in [0, 0.1) is 0 Å². The van der Waals surface area contributed by atoms with E-state index in [9.17, 15) is 13.6 Å². The summed E-state index contributed by atoms with van der Waals surface area (Å²) in [7, 11) is 1.43. The molecule has 150 valence electrons. The molecule has 0 aromatic heterocycles. The molecule has 1 aromatic rings. The van der Waals surface area contributed by atoms with E-state index in [0.717, 1.165) is 44.6 Å². The van der Waals surface area contributed by atoms with Crippen LogP contribution in [0.3, 0.4) is 0 Å². The molecule has 1 N–H and O–H groups in total. The third kappa shape index (κ3) is 5.77. The van der Waals surface area contributed by atoms with Gasteiger partial charge in [-0.2, -0.15) is 8.78 Å². The van der Waals surface area contributed by atoms with E-state index >= 15 is 0 Å². The first-order valence-electron chi connectivity index (χ1n) is 9.41. The van der Waals surface area contributed by atoms with Crippen molar-refractivity contribution in [2.24, 2.45) is 0 Å². The first-order chi connectivity index (χ1) is 13.1. The van der Waals surface area contributed by atoms with Crippen LogP contribution in [0.2, 0.25) is 0 Å². The molecule has 1 aliphatic carbocycles. The Morgan fingerprint density at radius 1 is 1.30 bits per heavy atom. The van der Waals surface area contributed by atoms with Crippen LogP contribution in [0.1, 0.15) is 24.8 Å². The van der Waals surface area contributed by atoms with Gasteiger partial charge in [0, 0.05) is 51.7 Å². The Morgan fingerprint density at radius 3 is 2.67 bits per heavy atom. The first kappa shape index (κ1) is 19.8. The number of methoxy groups -OCH3 is 1. The fraction of sp³-hybridized carbons (Fsp3) is 0.632. The van der Waals surface area contributed by atoms with E-state index < -0.39 is 6.61 Å². The number of piperazine rings is 1. The molecule has 0 unspecified atom stereocenters. The molecule has 1 heterocycles. The van der Waals surface area contributed by atoms with Gasteiger partial charge in [-0.15, -0.1) is 0 Å². The number of carbonyl (C=O) groups is 1. The summed E-state index contributed by atoms with van der Waals surface area (Å²) in [6, 6.07) is 5.50. The SMILES string of the molecule is COc1cc(CN(CCC(=O)N2CCNCC2)C2CC2)ccc1OC(F)F. The number of nitrogens with one attached hydrogen (secondary N) is 1. The zero-order valence-electron chi connectivity index (χ0n) is 15.6. The lowest BCUT2D eigenvalue weighted by Gasteiger charge is -2.29. The summed E-state index contributed by atoms with van der Waals surface area (Å²) in [4.78, 5) is 16.6. The molecule has 0 bridgehead atoms. The molecule has 1 aromatic carbocycles. The summed E-state index contributed by atoms with van der Waals surface area (Å²) < 4.78 is 34.6. The van der Waals surface area contributed by atoms with E-state index in [1.807, 2.05) is 4.90 Å². The zero-order chi connectivity index (χ0) is 19.2. The van der Waals surface area contributed by atoms with Crippen molar-refractivity contribution in [2.45, 2.75) is 38.5 Å². The van der Waals surface area contributed by atoms with Crippen molar-refractivity contribution in [2.75, 3.05) is 39.8 Å². The van der Waals surface area contributed by atoms with Crippen LogP contribution in [0.25, 0.3) is 0 Å². The predicted molar refractivity (Wildman–Crippen MR) is 97.1 cm³/mol. The van der Waals surface area contributed by atoms with E-state index in [-0.39, 0.29) is 11.7 Å². The summed E-state index contributed by atoms with van der Waals surface area (Å²) in [6.45, 7) is 1.71. The Hall–Kier alpha value is -1.93. The van der Waals surface area contributed by atoms with Gasteiger partial charge in [-0.1, -0.05) is 6.07 Å². The highest BCUT2D eigenvalue weighted by Crippen LogP contribution is 2.32. The van der Waals surface area contributed by atoms with Crippen LogP contribution in [0.4, 0.5) is 8.78 Å². The van der Waals surface area contributed by atoms with Crippen molar-refractivity contribution in [3.63, 3.8) is 0 Å². The van der Waals surface area contributed by atoms with E-state index in [1.54, 1.807) is 12.1 Å². The molecular formula is C19H27F2N3O3. The van der Waals surface area contributed by atoms with Crippen molar-refractivity contribution < 1.29 is 23.0 Å². The predicted octanol–water partition coefficient (Wildman–Crippen LogP) is 2.08. The monoisotopic (exact) mass is 383 g/mol. The van der Waals surface area contributed by atoms with E-state index in [2.05, 4.69) is 15.0 Å². The summed E-state index contributed by atoms with van der Waals surface area (Å²) in [5, 5.41) is 3.25. The second kappa shape index (κ2) is 9.32. The number of alkyl halides is 2. The van der Waals surface area contributed by atoms with Gasteiger partial charge in [0.1, 0.15) is 0 Å². The van der Waals surface area contributed by atoms with Crippen LogP contribution in [-0.4, -0.2) is 68.2 Å². The van der Waals surface area contributed by atoms with Crippen molar-refractivity contribution in [3.05, 3.63) is 23.8 Å². The number of halogens is 2. The Labute approximate surface area is 158 Å². The van der Waals surface area contributed by atoms with Crippen molar-refractivity contribution in [1.29, 1.82) is 0 Å². The number of carbonyl (C=O) groups excluding carboxylic acids is 1. The standard InChI is InChI=1S/C19H27F2N3O3/c1-26-17-12-14(2-5-16(17)27-19(20)21)13-24(15-3-4-15)9-6-18(25)23-10-7-22-8-11-23/h2,5,12,15,19,22H,3-4,6-11,13H2,1H3. The number of hydrogen-bond acceptors (Lipinski definition) is 5. The van der Waals surface area contributed by atoms with Crippen molar-refractivity contribution >= 4 is 5.91 Å². The van der Waals surface area contributed by atoms with Gasteiger partial charge in [-0.25, -0.2) is 0 Å². The molecule has 0 atom stereocenters. The highest BCUT2D eigenvalue weighted by molar-refractivity contribution is 5.76. The van der Waals surface area contributed by atoms with Crippen molar-refractivity contribution in [3.8, 4) is 11.5 Å². The minimum atomic E-state index is -2.89. The van der Waals surface area contributed by atoms with Crippen LogP contribution in [0.5, 0.6) is 11.5 Å². The summed E-state index contributed by atoms with van der Waals surface area (Å²) >= 11 is 0. The van der Waals surface area contributed by atoms with Crippen LogP contribution >= 0.6 is 0 Å². The highest BCUT2D eigenvalue weighted by atomic mass is 19.3. The van der Waals surface area contributed by atoms with Gasteiger partial charge in [0.05, 0.1) is 7.11 Å².